The fourth-order valence-electron chi connectivity index (χ4n) is 2.93. The van der Waals surface area contributed by atoms with Crippen LogP contribution in [0.25, 0.3) is 21.9 Å². The maximum Gasteiger partial charge on any atom is 0.149 e. The van der Waals surface area contributed by atoms with Crippen molar-refractivity contribution in [3.8, 4) is 0 Å². The number of para-hydroxylation sites is 1. The molecule has 134 valence electrons. The normalized spacial score (nSPS) is 12.2. The Morgan fingerprint density at radius 1 is 1.16 bits per heavy atom. The van der Waals surface area contributed by atoms with Gasteiger partial charge < -0.3 is 9.30 Å². The zero-order valence-electron chi connectivity index (χ0n) is 14.6. The van der Waals surface area contributed by atoms with Crippen LogP contribution in [0.1, 0.15) is 19.2 Å². The van der Waals surface area contributed by atoms with E-state index >= 15 is 0 Å². The molecule has 7 heteroatoms. The van der Waals surface area contributed by atoms with E-state index in [-0.39, 0.29) is 12.4 Å². The number of fused-ring (bicyclic) bond motifs is 3. The highest BCUT2D eigenvalue weighted by molar-refractivity contribution is 7.90. The summed E-state index contributed by atoms with van der Waals surface area (Å²) in [6.45, 7) is 3.44. The van der Waals surface area contributed by atoms with Crippen molar-refractivity contribution in [2.45, 2.75) is 26.3 Å². The Balaban J connectivity index is 1.88. The van der Waals surface area contributed by atoms with Crippen molar-refractivity contribution in [3.05, 3.63) is 36.3 Å². The molecule has 0 N–H and O–H groups in total. The van der Waals surface area contributed by atoms with Crippen LogP contribution in [0.5, 0.6) is 0 Å². The van der Waals surface area contributed by atoms with E-state index in [1.807, 2.05) is 24.4 Å². The van der Waals surface area contributed by atoms with Crippen molar-refractivity contribution in [1.82, 2.24) is 14.5 Å². The van der Waals surface area contributed by atoms with Gasteiger partial charge in [0.05, 0.1) is 36.2 Å². The number of pyridine rings is 1. The minimum atomic E-state index is -2.99. The Morgan fingerprint density at radius 3 is 2.72 bits per heavy atom. The third-order valence-electron chi connectivity index (χ3n) is 4.09. The fraction of sp³-hybridized carbons (Fsp3) is 0.444. The van der Waals surface area contributed by atoms with Crippen molar-refractivity contribution in [2.75, 3.05) is 25.2 Å². The third-order valence-corrected chi connectivity index (χ3v) is 5.00. The minimum Gasteiger partial charge on any atom is -0.379 e. The number of benzene rings is 1. The number of hydrogen-bond acceptors (Lipinski definition) is 5. The Bertz CT molecular complexity index is 980. The van der Waals surface area contributed by atoms with Gasteiger partial charge in [-0.3, -0.25) is 4.98 Å². The zero-order valence-corrected chi connectivity index (χ0v) is 15.4. The summed E-state index contributed by atoms with van der Waals surface area (Å²) >= 11 is 0. The second kappa shape index (κ2) is 7.49. The lowest BCUT2D eigenvalue weighted by Gasteiger charge is -2.10. The fourth-order valence-corrected chi connectivity index (χ4v) is 3.35. The molecule has 0 aliphatic rings. The summed E-state index contributed by atoms with van der Waals surface area (Å²) in [6, 6.07) is 8.03. The number of nitrogens with zero attached hydrogens (tertiary/aromatic N) is 3. The van der Waals surface area contributed by atoms with E-state index in [1.54, 1.807) is 0 Å². The predicted molar refractivity (Wildman–Crippen MR) is 99.6 cm³/mol. The van der Waals surface area contributed by atoms with Crippen molar-refractivity contribution < 1.29 is 13.2 Å². The summed E-state index contributed by atoms with van der Waals surface area (Å²) in [5.74, 6) is 1.06. The first kappa shape index (κ1) is 17.8. The summed E-state index contributed by atoms with van der Waals surface area (Å²) in [5.41, 5.74) is 2.90. The number of imidazole rings is 1. The van der Waals surface area contributed by atoms with Gasteiger partial charge in [-0.2, -0.15) is 0 Å². The van der Waals surface area contributed by atoms with Crippen molar-refractivity contribution >= 4 is 31.8 Å². The van der Waals surface area contributed by atoms with E-state index in [1.165, 1.54) is 6.26 Å². The minimum absolute atomic E-state index is 0.0480. The molecular formula is C18H23N3O3S. The first-order valence-electron chi connectivity index (χ1n) is 8.48. The molecule has 0 atom stereocenters. The van der Waals surface area contributed by atoms with Crippen LogP contribution in [0.4, 0.5) is 0 Å². The van der Waals surface area contributed by atoms with Gasteiger partial charge >= 0.3 is 0 Å². The third kappa shape index (κ3) is 4.16. The molecule has 0 saturated carbocycles. The number of hydrogen-bond donors (Lipinski definition) is 0. The van der Waals surface area contributed by atoms with Crippen LogP contribution >= 0.6 is 0 Å². The monoisotopic (exact) mass is 361 g/mol. The van der Waals surface area contributed by atoms with E-state index in [9.17, 15) is 8.42 Å². The average Bonchev–Trinajstić information content (AvgIpc) is 2.92. The molecule has 0 radical (unpaired) electrons. The molecule has 2 aromatic heterocycles. The second-order valence-electron chi connectivity index (χ2n) is 6.18. The molecule has 0 bridgehead atoms. The van der Waals surface area contributed by atoms with Crippen LogP contribution in [-0.2, 0) is 27.5 Å². The summed E-state index contributed by atoms with van der Waals surface area (Å²) in [7, 11) is -2.99. The van der Waals surface area contributed by atoms with Crippen LogP contribution < -0.4 is 0 Å². The molecule has 6 nitrogen and oxygen atoms in total. The van der Waals surface area contributed by atoms with Gasteiger partial charge in [-0.15, -0.1) is 0 Å². The summed E-state index contributed by atoms with van der Waals surface area (Å²) in [5, 5.41) is 1.07. The van der Waals surface area contributed by atoms with Crippen LogP contribution in [0.15, 0.2) is 30.5 Å². The highest BCUT2D eigenvalue weighted by atomic mass is 32.2. The second-order valence-corrected chi connectivity index (χ2v) is 8.44. The molecule has 25 heavy (non-hydrogen) atoms. The van der Waals surface area contributed by atoms with Gasteiger partial charge in [0.25, 0.3) is 0 Å². The predicted octanol–water partition coefficient (Wildman–Crippen LogP) is 2.60. The number of rotatable bonds is 8. The van der Waals surface area contributed by atoms with Crippen molar-refractivity contribution in [1.29, 1.82) is 0 Å². The molecule has 3 aromatic rings. The smallest absolute Gasteiger partial charge is 0.149 e. The molecule has 0 saturated heterocycles. The van der Waals surface area contributed by atoms with E-state index < -0.39 is 9.84 Å². The standard InChI is InChI=1S/C18H23N3O3S/c1-3-6-17-20-16-13-19-15-8-5-4-7-14(15)18(16)21(17)9-10-24-11-12-25(2,22)23/h4-5,7-8,13H,3,6,9-12H2,1-2H3. The molecule has 0 unspecified atom stereocenters. The number of sulfone groups is 1. The molecular weight excluding hydrogens is 338 g/mol. The Labute approximate surface area is 147 Å². The van der Waals surface area contributed by atoms with Crippen LogP contribution in [0, 0.1) is 0 Å². The Hall–Kier alpha value is -1.99. The number of aromatic nitrogens is 3. The quantitative estimate of drug-likeness (QED) is 0.577. The van der Waals surface area contributed by atoms with Gasteiger partial charge in [0, 0.05) is 24.6 Å². The van der Waals surface area contributed by atoms with E-state index in [0.29, 0.717) is 13.2 Å². The van der Waals surface area contributed by atoms with Gasteiger partial charge in [0.1, 0.15) is 21.2 Å². The number of ether oxygens (including phenoxy) is 1. The highest BCUT2D eigenvalue weighted by Gasteiger charge is 2.13. The van der Waals surface area contributed by atoms with E-state index in [4.69, 9.17) is 9.72 Å². The molecule has 0 aliphatic heterocycles. The lowest BCUT2D eigenvalue weighted by atomic mass is 10.2. The molecule has 0 aliphatic carbocycles. The SMILES string of the molecule is CCCc1nc2cnc3ccccc3c2n1CCOCCS(C)(=O)=O. The van der Waals surface area contributed by atoms with Gasteiger partial charge in [-0.25, -0.2) is 13.4 Å². The Kier molecular flexibility index (Phi) is 5.34. The van der Waals surface area contributed by atoms with Gasteiger partial charge in [-0.05, 0) is 12.5 Å². The van der Waals surface area contributed by atoms with Crippen molar-refractivity contribution in [3.63, 3.8) is 0 Å². The summed E-state index contributed by atoms with van der Waals surface area (Å²) in [4.78, 5) is 9.23. The van der Waals surface area contributed by atoms with Gasteiger partial charge in [0.15, 0.2) is 0 Å². The van der Waals surface area contributed by atoms with E-state index in [0.717, 1.165) is 40.6 Å². The first-order chi connectivity index (χ1) is 12.0. The van der Waals surface area contributed by atoms with Gasteiger partial charge in [-0.1, -0.05) is 25.1 Å². The molecule has 2 heterocycles. The number of aryl methyl sites for hydroxylation is 1. The first-order valence-corrected chi connectivity index (χ1v) is 10.5. The van der Waals surface area contributed by atoms with Crippen LogP contribution in [0.3, 0.4) is 0 Å². The van der Waals surface area contributed by atoms with Gasteiger partial charge in [0.2, 0.25) is 0 Å². The van der Waals surface area contributed by atoms with E-state index in [2.05, 4.69) is 22.5 Å². The maximum absolute atomic E-state index is 11.2. The lowest BCUT2D eigenvalue weighted by Crippen LogP contribution is -2.14. The van der Waals surface area contributed by atoms with Crippen LogP contribution in [0.2, 0.25) is 0 Å². The topological polar surface area (TPSA) is 74.1 Å². The average molecular weight is 361 g/mol. The highest BCUT2D eigenvalue weighted by Crippen LogP contribution is 2.25. The Morgan fingerprint density at radius 2 is 1.96 bits per heavy atom. The molecule has 0 amide bonds. The molecule has 0 spiro atoms. The summed E-state index contributed by atoms with van der Waals surface area (Å²) in [6.07, 6.45) is 4.92. The van der Waals surface area contributed by atoms with Crippen molar-refractivity contribution in [2.24, 2.45) is 0 Å². The summed E-state index contributed by atoms with van der Waals surface area (Å²) < 4.78 is 30.1. The largest absolute Gasteiger partial charge is 0.379 e. The maximum atomic E-state index is 11.2. The zero-order chi connectivity index (χ0) is 17.9. The van der Waals surface area contributed by atoms with Crippen LogP contribution in [-0.4, -0.2) is 48.2 Å². The molecule has 0 fully saturated rings. The molecule has 3 rings (SSSR count). The molecule has 1 aromatic carbocycles. The lowest BCUT2D eigenvalue weighted by molar-refractivity contribution is 0.140.